The average molecular weight is 243 g/mol. The number of nitrogens with two attached hydrogens (primary N) is 1. The summed E-state index contributed by atoms with van der Waals surface area (Å²) in [5, 5.41) is 12.2. The highest BCUT2D eigenvalue weighted by Crippen LogP contribution is 2.28. The third-order valence-electron chi connectivity index (χ3n) is 3.19. The average Bonchev–Trinajstić information content (AvgIpc) is 2.71. The molecule has 0 saturated carbocycles. The highest BCUT2D eigenvalue weighted by molar-refractivity contribution is 5.58. The fourth-order valence-corrected chi connectivity index (χ4v) is 1.96. The van der Waals surface area contributed by atoms with Crippen molar-refractivity contribution in [2.75, 3.05) is 5.73 Å². The quantitative estimate of drug-likeness (QED) is 0.840. The molecule has 1 unspecified atom stereocenters. The van der Waals surface area contributed by atoms with Gasteiger partial charge in [0.1, 0.15) is 17.6 Å². The van der Waals surface area contributed by atoms with E-state index in [0.29, 0.717) is 23.4 Å². The smallest absolute Gasteiger partial charge is 0.127 e. The van der Waals surface area contributed by atoms with Gasteiger partial charge in [-0.25, -0.2) is 5.11 Å². The van der Waals surface area contributed by atoms with Gasteiger partial charge in [-0.2, -0.15) is 0 Å². The Morgan fingerprint density at radius 2 is 2.00 bits per heavy atom. The fraction of sp³-hybridized carbons (Fsp3) is 0.267. The number of rotatable bonds is 3. The third kappa shape index (κ3) is 2.41. The Hall–Kier alpha value is -1.74. The predicted octanol–water partition coefficient (Wildman–Crippen LogP) is 3.38. The molecule has 0 saturated heterocycles. The minimum absolute atomic E-state index is 0.313. The number of hydrogen-bond donors (Lipinski definition) is 1. The third-order valence-corrected chi connectivity index (χ3v) is 3.19. The molecule has 3 heteroatoms. The van der Waals surface area contributed by atoms with Gasteiger partial charge in [0.25, 0.3) is 0 Å². The molecule has 2 rings (SSSR count). The molecule has 0 aliphatic heterocycles. The van der Waals surface area contributed by atoms with Crippen molar-refractivity contribution < 1.29 is 9.52 Å². The number of anilines is 1. The number of hydrogen-bond acceptors (Lipinski definition) is 2. The Balaban J connectivity index is 2.24. The van der Waals surface area contributed by atoms with E-state index in [0.717, 1.165) is 16.9 Å². The molecule has 0 aliphatic carbocycles. The van der Waals surface area contributed by atoms with Crippen molar-refractivity contribution in [1.82, 2.24) is 0 Å². The van der Waals surface area contributed by atoms with Crippen molar-refractivity contribution in [3.63, 3.8) is 0 Å². The van der Waals surface area contributed by atoms with Crippen LogP contribution in [0.2, 0.25) is 0 Å². The summed E-state index contributed by atoms with van der Waals surface area (Å²) in [5.74, 6) is 1.51. The van der Waals surface area contributed by atoms with Gasteiger partial charge in [-0.3, -0.25) is 0 Å². The molecule has 0 amide bonds. The highest BCUT2D eigenvalue weighted by atomic mass is 16.3. The van der Waals surface area contributed by atoms with Crippen LogP contribution in [0.4, 0.5) is 5.69 Å². The molecule has 0 spiro atoms. The lowest BCUT2D eigenvalue weighted by atomic mass is 9.97. The van der Waals surface area contributed by atoms with Crippen molar-refractivity contribution in [2.24, 2.45) is 0 Å². The van der Waals surface area contributed by atoms with Crippen LogP contribution >= 0.6 is 0 Å². The zero-order valence-electron chi connectivity index (χ0n) is 10.7. The molecule has 2 aromatic rings. The van der Waals surface area contributed by atoms with Crippen LogP contribution in [0.3, 0.4) is 0 Å². The summed E-state index contributed by atoms with van der Waals surface area (Å²) in [6.07, 6.45) is -0.594. The number of nitrogen functional groups attached to an aromatic ring is 1. The lowest BCUT2D eigenvalue weighted by Gasteiger charge is -2.14. The monoisotopic (exact) mass is 243 g/mol. The number of aryl methyl sites for hydroxylation is 1. The molecule has 94 valence electrons. The van der Waals surface area contributed by atoms with Gasteiger partial charge in [0.05, 0.1) is 0 Å². The van der Waals surface area contributed by atoms with E-state index in [4.69, 9.17) is 10.2 Å². The van der Waals surface area contributed by atoms with E-state index >= 15 is 0 Å². The molecule has 1 heterocycles. The summed E-state index contributed by atoms with van der Waals surface area (Å²) in [4.78, 5) is 0. The van der Waals surface area contributed by atoms with Crippen LogP contribution < -0.4 is 5.73 Å². The van der Waals surface area contributed by atoms with Gasteiger partial charge in [0.2, 0.25) is 0 Å². The molecule has 0 aliphatic rings. The van der Waals surface area contributed by atoms with E-state index in [1.165, 1.54) is 0 Å². The lowest BCUT2D eigenvalue weighted by molar-refractivity contribution is 0.0849. The van der Waals surface area contributed by atoms with E-state index < -0.39 is 6.10 Å². The van der Waals surface area contributed by atoms with Crippen LogP contribution in [0.25, 0.3) is 0 Å². The lowest BCUT2D eigenvalue weighted by Crippen LogP contribution is -2.06. The first kappa shape index (κ1) is 12.7. The first-order chi connectivity index (χ1) is 8.49. The molecular formula is C15H17NO2. The van der Waals surface area contributed by atoms with Crippen LogP contribution in [0, 0.1) is 20.8 Å². The summed E-state index contributed by atoms with van der Waals surface area (Å²) < 4.78 is 5.42. The summed E-state index contributed by atoms with van der Waals surface area (Å²) in [6.45, 7) is 7.61. The number of benzene rings is 1. The second kappa shape index (κ2) is 4.86. The zero-order valence-corrected chi connectivity index (χ0v) is 10.7. The van der Waals surface area contributed by atoms with Gasteiger partial charge < -0.3 is 10.2 Å². The van der Waals surface area contributed by atoms with E-state index in [9.17, 15) is 5.11 Å². The second-order valence-corrected chi connectivity index (χ2v) is 4.56. The topological polar surface area (TPSA) is 59.1 Å². The Kier molecular flexibility index (Phi) is 3.43. The maximum Gasteiger partial charge on any atom is 0.127 e. The van der Waals surface area contributed by atoms with Gasteiger partial charge in [-0.05, 0) is 44.0 Å². The largest absolute Gasteiger partial charge is 0.466 e. The van der Waals surface area contributed by atoms with Crippen LogP contribution in [0.15, 0.2) is 28.7 Å². The SMILES string of the molecule is [CH2]c1ccc(C([O])Cc2ccc(C)o2)c(N)c1C. The molecule has 3 nitrogen and oxygen atoms in total. The molecule has 0 fully saturated rings. The summed E-state index contributed by atoms with van der Waals surface area (Å²) in [5.41, 5.74) is 8.88. The van der Waals surface area contributed by atoms with E-state index in [1.807, 2.05) is 32.0 Å². The van der Waals surface area contributed by atoms with Crippen LogP contribution in [0.5, 0.6) is 0 Å². The van der Waals surface area contributed by atoms with Gasteiger partial charge in [-0.1, -0.05) is 12.1 Å². The zero-order chi connectivity index (χ0) is 13.3. The van der Waals surface area contributed by atoms with Crippen LogP contribution in [-0.4, -0.2) is 0 Å². The fourth-order valence-electron chi connectivity index (χ4n) is 1.96. The Labute approximate surface area is 107 Å². The number of furan rings is 1. The van der Waals surface area contributed by atoms with E-state index in [2.05, 4.69) is 6.92 Å². The summed E-state index contributed by atoms with van der Waals surface area (Å²) in [7, 11) is 0. The molecule has 0 bridgehead atoms. The Bertz CT molecular complexity index is 558. The van der Waals surface area contributed by atoms with E-state index in [-0.39, 0.29) is 0 Å². The van der Waals surface area contributed by atoms with Crippen molar-refractivity contribution in [1.29, 1.82) is 0 Å². The predicted molar refractivity (Wildman–Crippen MR) is 70.6 cm³/mol. The van der Waals surface area contributed by atoms with Gasteiger partial charge in [0, 0.05) is 17.7 Å². The van der Waals surface area contributed by atoms with Crippen molar-refractivity contribution in [3.05, 3.63) is 59.4 Å². The van der Waals surface area contributed by atoms with Gasteiger partial charge in [-0.15, -0.1) is 0 Å². The first-order valence-electron chi connectivity index (χ1n) is 5.91. The van der Waals surface area contributed by atoms with Crippen molar-refractivity contribution in [2.45, 2.75) is 26.4 Å². The molecule has 2 radical (unpaired) electrons. The molecule has 1 atom stereocenters. The molecule has 1 aromatic carbocycles. The molecule has 18 heavy (non-hydrogen) atoms. The van der Waals surface area contributed by atoms with Crippen LogP contribution in [-0.2, 0) is 11.5 Å². The summed E-state index contributed by atoms with van der Waals surface area (Å²) >= 11 is 0. The van der Waals surface area contributed by atoms with Crippen molar-refractivity contribution >= 4 is 5.69 Å². The molecular weight excluding hydrogens is 226 g/mol. The van der Waals surface area contributed by atoms with E-state index in [1.54, 1.807) is 6.07 Å². The molecule has 1 aromatic heterocycles. The Morgan fingerprint density at radius 1 is 1.28 bits per heavy atom. The minimum Gasteiger partial charge on any atom is -0.466 e. The summed E-state index contributed by atoms with van der Waals surface area (Å²) in [6, 6.07) is 7.28. The minimum atomic E-state index is -0.908. The second-order valence-electron chi connectivity index (χ2n) is 4.56. The maximum atomic E-state index is 12.2. The van der Waals surface area contributed by atoms with Gasteiger partial charge >= 0.3 is 0 Å². The highest BCUT2D eigenvalue weighted by Gasteiger charge is 2.17. The van der Waals surface area contributed by atoms with Crippen LogP contribution in [0.1, 0.15) is 34.3 Å². The molecule has 2 N–H and O–H groups in total. The first-order valence-corrected chi connectivity index (χ1v) is 5.91. The normalized spacial score (nSPS) is 12.7. The van der Waals surface area contributed by atoms with Crippen molar-refractivity contribution in [3.8, 4) is 0 Å². The Morgan fingerprint density at radius 3 is 2.61 bits per heavy atom. The van der Waals surface area contributed by atoms with Gasteiger partial charge in [0.15, 0.2) is 0 Å². The standard InChI is InChI=1S/C15H17NO2/c1-9-4-7-13(15(16)11(9)3)14(17)8-12-6-5-10(2)18-12/h4-7,14H,1,8,16H2,2-3H3. The maximum absolute atomic E-state index is 12.2.